The third kappa shape index (κ3) is 3.34. The lowest BCUT2D eigenvalue weighted by Gasteiger charge is -2.18. The lowest BCUT2D eigenvalue weighted by atomic mass is 9.98. The molecule has 0 aliphatic heterocycles. The number of carbonyl (C=O) groups is 2. The smallest absolute Gasteiger partial charge is 0.433 e. The zero-order valence-corrected chi connectivity index (χ0v) is 13.8. The van der Waals surface area contributed by atoms with Crippen LogP contribution in [0.15, 0.2) is 48.5 Å². The third-order valence-electron chi connectivity index (χ3n) is 4.45. The monoisotopic (exact) mass is 340 g/mol. The van der Waals surface area contributed by atoms with Gasteiger partial charge in [0, 0.05) is 5.92 Å². The second-order valence-electron chi connectivity index (χ2n) is 6.04. The summed E-state index contributed by atoms with van der Waals surface area (Å²) in [4.78, 5) is 22.9. The van der Waals surface area contributed by atoms with E-state index in [-0.39, 0.29) is 12.5 Å². The molecule has 6 heteroatoms. The van der Waals surface area contributed by atoms with E-state index in [1.165, 1.54) is 6.92 Å². The highest BCUT2D eigenvalue weighted by atomic mass is 16.7. The molecule has 4 N–H and O–H groups in total. The molecular weight excluding hydrogens is 320 g/mol. The van der Waals surface area contributed by atoms with E-state index in [2.05, 4.69) is 12.1 Å². The fourth-order valence-electron chi connectivity index (χ4n) is 3.08. The van der Waals surface area contributed by atoms with Gasteiger partial charge < -0.3 is 20.9 Å². The molecule has 2 aromatic carbocycles. The Kier molecular flexibility index (Phi) is 4.72. The van der Waals surface area contributed by atoms with Crippen LogP contribution in [-0.2, 0) is 14.3 Å². The summed E-state index contributed by atoms with van der Waals surface area (Å²) >= 11 is 0. The van der Waals surface area contributed by atoms with E-state index >= 15 is 0 Å². The molecule has 2 aromatic rings. The van der Waals surface area contributed by atoms with Crippen LogP contribution < -0.4 is 11.5 Å². The number of ether oxygens (including phenoxy) is 2. The van der Waals surface area contributed by atoms with Crippen LogP contribution in [0.5, 0.6) is 0 Å². The summed E-state index contributed by atoms with van der Waals surface area (Å²) in [6.45, 7) is 1.64. The van der Waals surface area contributed by atoms with E-state index < -0.39 is 24.2 Å². The maximum Gasteiger partial charge on any atom is 0.508 e. The van der Waals surface area contributed by atoms with E-state index in [0.29, 0.717) is 0 Å². The van der Waals surface area contributed by atoms with Crippen LogP contribution in [0.2, 0.25) is 0 Å². The fraction of sp³-hybridized carbons (Fsp3) is 0.263. The van der Waals surface area contributed by atoms with Crippen molar-refractivity contribution < 1.29 is 19.1 Å². The van der Waals surface area contributed by atoms with Crippen molar-refractivity contribution in [3.8, 4) is 11.1 Å². The van der Waals surface area contributed by atoms with Crippen molar-refractivity contribution in [3.05, 3.63) is 59.7 Å². The molecule has 0 aromatic heterocycles. The highest BCUT2D eigenvalue weighted by molar-refractivity contribution is 5.81. The van der Waals surface area contributed by atoms with Gasteiger partial charge in [0.05, 0.1) is 0 Å². The maximum absolute atomic E-state index is 11.9. The van der Waals surface area contributed by atoms with Crippen molar-refractivity contribution in [1.82, 2.24) is 0 Å². The van der Waals surface area contributed by atoms with E-state index in [1.807, 2.05) is 36.4 Å². The summed E-state index contributed by atoms with van der Waals surface area (Å²) in [6, 6.07) is 15.0. The Bertz CT molecular complexity index is 760. The topological polar surface area (TPSA) is 105 Å². The van der Waals surface area contributed by atoms with Crippen LogP contribution >= 0.6 is 0 Å². The molecule has 0 saturated carbocycles. The van der Waals surface area contributed by atoms with Crippen molar-refractivity contribution in [2.75, 3.05) is 6.61 Å². The summed E-state index contributed by atoms with van der Waals surface area (Å²) in [6.07, 6.45) is -1.72. The molecule has 130 valence electrons. The number of primary amides is 1. The molecule has 0 radical (unpaired) electrons. The van der Waals surface area contributed by atoms with Gasteiger partial charge in [-0.15, -0.1) is 0 Å². The predicted octanol–water partition coefficient (Wildman–Crippen LogP) is 2.15. The van der Waals surface area contributed by atoms with E-state index in [1.54, 1.807) is 0 Å². The number of hydrogen-bond donors (Lipinski definition) is 2. The first kappa shape index (κ1) is 17.0. The number of carbonyl (C=O) groups excluding carboxylic acids is 2. The molecule has 0 bridgehead atoms. The quantitative estimate of drug-likeness (QED) is 0.812. The normalized spacial score (nSPS) is 15.0. The van der Waals surface area contributed by atoms with Gasteiger partial charge in [0.1, 0.15) is 18.8 Å². The number of hydrogen-bond acceptors (Lipinski definition) is 5. The Balaban J connectivity index is 1.69. The van der Waals surface area contributed by atoms with E-state index in [4.69, 9.17) is 20.9 Å². The van der Waals surface area contributed by atoms with Crippen molar-refractivity contribution >= 4 is 12.1 Å². The van der Waals surface area contributed by atoms with Crippen molar-refractivity contribution in [3.63, 3.8) is 0 Å². The molecule has 1 aliphatic carbocycles. The minimum absolute atomic E-state index is 0.0555. The van der Waals surface area contributed by atoms with Crippen LogP contribution in [-0.4, -0.2) is 30.8 Å². The molecule has 0 spiro atoms. The molecule has 6 nitrogen and oxygen atoms in total. The third-order valence-corrected chi connectivity index (χ3v) is 4.45. The summed E-state index contributed by atoms with van der Waals surface area (Å²) in [5.41, 5.74) is 15.1. The molecule has 25 heavy (non-hydrogen) atoms. The molecule has 2 atom stereocenters. The molecule has 1 amide bonds. The van der Waals surface area contributed by atoms with Gasteiger partial charge in [-0.3, -0.25) is 4.79 Å². The van der Waals surface area contributed by atoms with Crippen LogP contribution in [0.1, 0.15) is 24.0 Å². The molecule has 0 heterocycles. The van der Waals surface area contributed by atoms with Crippen molar-refractivity contribution in [1.29, 1.82) is 0 Å². The van der Waals surface area contributed by atoms with Gasteiger partial charge in [-0.1, -0.05) is 48.5 Å². The number of rotatable bonds is 5. The zero-order valence-electron chi connectivity index (χ0n) is 13.8. The van der Waals surface area contributed by atoms with Crippen LogP contribution in [0.25, 0.3) is 11.1 Å². The van der Waals surface area contributed by atoms with Crippen LogP contribution in [0.3, 0.4) is 0 Å². The van der Waals surface area contributed by atoms with Gasteiger partial charge in [-0.2, -0.15) is 0 Å². The minimum atomic E-state index is -1.07. The Labute approximate surface area is 145 Å². The summed E-state index contributed by atoms with van der Waals surface area (Å²) in [5, 5.41) is 0. The highest BCUT2D eigenvalue weighted by Gasteiger charge is 2.30. The zero-order chi connectivity index (χ0) is 18.0. The Hall–Kier alpha value is -2.86. The van der Waals surface area contributed by atoms with Crippen LogP contribution in [0, 0.1) is 0 Å². The lowest BCUT2D eigenvalue weighted by molar-refractivity contribution is -0.121. The second-order valence-corrected chi connectivity index (χ2v) is 6.04. The first-order valence-electron chi connectivity index (χ1n) is 8.05. The molecule has 0 saturated heterocycles. The Morgan fingerprint density at radius 2 is 1.56 bits per heavy atom. The number of amides is 1. The van der Waals surface area contributed by atoms with Gasteiger partial charge >= 0.3 is 6.16 Å². The largest absolute Gasteiger partial charge is 0.508 e. The summed E-state index contributed by atoms with van der Waals surface area (Å²) in [5.74, 6) is -0.793. The van der Waals surface area contributed by atoms with Gasteiger partial charge in [0.25, 0.3) is 0 Å². The predicted molar refractivity (Wildman–Crippen MR) is 92.8 cm³/mol. The molecular formula is C19H20N2O4. The standard InChI is InChI=1S/C19H20N2O4/c1-11(17(20)18(21)22)25-19(23)24-10-16-14-8-4-2-6-12(14)13-7-3-5-9-15(13)16/h2-9,11,16-17H,10,20H2,1H3,(H2,21,22)/t11?,17-/m0/s1. The van der Waals surface area contributed by atoms with Gasteiger partial charge in [-0.25, -0.2) is 4.79 Å². The maximum atomic E-state index is 11.9. The number of fused-ring (bicyclic) bond motifs is 3. The van der Waals surface area contributed by atoms with Crippen molar-refractivity contribution in [2.45, 2.75) is 25.0 Å². The fourth-order valence-corrected chi connectivity index (χ4v) is 3.08. The Morgan fingerprint density at radius 3 is 2.08 bits per heavy atom. The second kappa shape index (κ2) is 6.94. The minimum Gasteiger partial charge on any atom is -0.433 e. The van der Waals surface area contributed by atoms with E-state index in [9.17, 15) is 9.59 Å². The lowest BCUT2D eigenvalue weighted by Crippen LogP contribution is -2.46. The average molecular weight is 340 g/mol. The van der Waals surface area contributed by atoms with E-state index in [0.717, 1.165) is 22.3 Å². The molecule has 3 rings (SSSR count). The van der Waals surface area contributed by atoms with Crippen LogP contribution in [0.4, 0.5) is 4.79 Å². The first-order chi connectivity index (χ1) is 12.0. The summed E-state index contributed by atoms with van der Waals surface area (Å²) in [7, 11) is 0. The summed E-state index contributed by atoms with van der Waals surface area (Å²) < 4.78 is 10.3. The van der Waals surface area contributed by atoms with Gasteiger partial charge in [0.2, 0.25) is 5.91 Å². The van der Waals surface area contributed by atoms with Gasteiger partial charge in [0.15, 0.2) is 0 Å². The Morgan fingerprint density at radius 1 is 1.04 bits per heavy atom. The highest BCUT2D eigenvalue weighted by Crippen LogP contribution is 2.44. The van der Waals surface area contributed by atoms with Gasteiger partial charge in [-0.05, 0) is 29.2 Å². The number of benzene rings is 2. The molecule has 1 unspecified atom stereocenters. The molecule has 0 fully saturated rings. The first-order valence-corrected chi connectivity index (χ1v) is 8.05. The number of nitrogens with two attached hydrogens (primary N) is 2. The SMILES string of the molecule is CC(OC(=O)OCC1c2ccccc2-c2ccccc21)[C@H](N)C(N)=O. The van der Waals surface area contributed by atoms with Crippen molar-refractivity contribution in [2.24, 2.45) is 11.5 Å². The molecule has 1 aliphatic rings. The average Bonchev–Trinajstić information content (AvgIpc) is 2.93.